The van der Waals surface area contributed by atoms with Crippen LogP contribution in [-0.4, -0.2) is 35.6 Å². The highest BCUT2D eigenvalue weighted by Crippen LogP contribution is 2.17. The number of hydrogen-bond acceptors (Lipinski definition) is 4. The highest BCUT2D eigenvalue weighted by Gasteiger charge is 2.01. The fourth-order valence-corrected chi connectivity index (χ4v) is 1.14. The lowest BCUT2D eigenvalue weighted by molar-refractivity contribution is 0.439. The van der Waals surface area contributed by atoms with Gasteiger partial charge in [-0.2, -0.15) is 0 Å². The van der Waals surface area contributed by atoms with Crippen LogP contribution in [0.3, 0.4) is 0 Å². The summed E-state index contributed by atoms with van der Waals surface area (Å²) in [5.41, 5.74) is 0. The maximum atomic E-state index is 4.25. The molecule has 4 nitrogen and oxygen atoms in total. The Bertz CT molecular complexity index is 287. The second-order valence-corrected chi connectivity index (χ2v) is 3.88. The van der Waals surface area contributed by atoms with E-state index in [9.17, 15) is 0 Å². The third-order valence-electron chi connectivity index (χ3n) is 1.43. The molecule has 1 N–H and O–H groups in total. The fourth-order valence-electron chi connectivity index (χ4n) is 0.812. The Balaban J connectivity index is 2.70. The first kappa shape index (κ1) is 10.4. The minimum atomic E-state index is 0.759. The summed E-state index contributed by atoms with van der Waals surface area (Å²) in [4.78, 5) is 10.3. The van der Waals surface area contributed by atoms with Crippen LogP contribution in [0.2, 0.25) is 0 Å². The molecule has 0 unspecified atom stereocenters. The second kappa shape index (κ2) is 4.53. The lowest BCUT2D eigenvalue weighted by Gasteiger charge is -2.12. The summed E-state index contributed by atoms with van der Waals surface area (Å²) in [6.07, 6.45) is 1.75. The summed E-state index contributed by atoms with van der Waals surface area (Å²) < 4.78 is 0.889. The number of rotatable bonds is 3. The molecule has 0 aliphatic rings. The molecular formula is C8H13BrN4. The summed E-state index contributed by atoms with van der Waals surface area (Å²) in [6, 6.07) is 0. The molecule has 0 saturated carbocycles. The second-order valence-electron chi connectivity index (χ2n) is 3.03. The zero-order valence-corrected chi connectivity index (χ0v) is 9.59. The predicted molar refractivity (Wildman–Crippen MR) is 56.6 cm³/mol. The van der Waals surface area contributed by atoms with Crippen LogP contribution >= 0.6 is 15.9 Å². The van der Waals surface area contributed by atoms with Crippen LogP contribution in [0.15, 0.2) is 10.7 Å². The van der Waals surface area contributed by atoms with Crippen LogP contribution in [-0.2, 0) is 0 Å². The molecule has 1 aromatic heterocycles. The van der Waals surface area contributed by atoms with E-state index < -0.39 is 0 Å². The summed E-state index contributed by atoms with van der Waals surface area (Å²) in [5.74, 6) is 1.60. The SMILES string of the molecule is Cc1ncc(Br)c(NCN(C)C)n1. The molecule has 13 heavy (non-hydrogen) atoms. The van der Waals surface area contributed by atoms with Gasteiger partial charge in [-0.3, -0.25) is 4.90 Å². The van der Waals surface area contributed by atoms with Crippen molar-refractivity contribution >= 4 is 21.7 Å². The molecule has 0 spiro atoms. The van der Waals surface area contributed by atoms with Gasteiger partial charge in [0.25, 0.3) is 0 Å². The maximum absolute atomic E-state index is 4.25. The number of anilines is 1. The molecule has 72 valence electrons. The average Bonchev–Trinajstić information content (AvgIpc) is 2.06. The third kappa shape index (κ3) is 3.28. The van der Waals surface area contributed by atoms with Gasteiger partial charge in [-0.15, -0.1) is 0 Å². The smallest absolute Gasteiger partial charge is 0.145 e. The van der Waals surface area contributed by atoms with Crippen LogP contribution in [0, 0.1) is 6.92 Å². The maximum Gasteiger partial charge on any atom is 0.145 e. The molecule has 0 aliphatic carbocycles. The average molecular weight is 245 g/mol. The van der Waals surface area contributed by atoms with E-state index in [1.807, 2.05) is 25.9 Å². The van der Waals surface area contributed by atoms with E-state index in [0.717, 1.165) is 22.8 Å². The Morgan fingerprint density at radius 2 is 2.23 bits per heavy atom. The first-order valence-electron chi connectivity index (χ1n) is 3.97. The number of hydrogen-bond donors (Lipinski definition) is 1. The van der Waals surface area contributed by atoms with E-state index in [1.54, 1.807) is 6.20 Å². The number of aromatic nitrogens is 2. The molecule has 0 fully saturated rings. The Morgan fingerprint density at radius 1 is 1.54 bits per heavy atom. The van der Waals surface area contributed by atoms with Gasteiger partial charge in [0.2, 0.25) is 0 Å². The number of halogens is 1. The Morgan fingerprint density at radius 3 is 2.85 bits per heavy atom. The molecule has 0 aromatic carbocycles. The Kier molecular flexibility index (Phi) is 3.62. The van der Waals surface area contributed by atoms with Gasteiger partial charge < -0.3 is 5.32 Å². The monoisotopic (exact) mass is 244 g/mol. The molecule has 5 heteroatoms. The van der Waals surface area contributed by atoms with Crippen molar-refractivity contribution in [3.63, 3.8) is 0 Å². The van der Waals surface area contributed by atoms with Crippen LogP contribution < -0.4 is 5.32 Å². The fraction of sp³-hybridized carbons (Fsp3) is 0.500. The standard InChI is InChI=1S/C8H13BrN4/c1-6-10-4-7(9)8(12-6)11-5-13(2)3/h4H,5H2,1-3H3,(H,10,11,12). The third-order valence-corrected chi connectivity index (χ3v) is 2.01. The van der Waals surface area contributed by atoms with Crippen molar-refractivity contribution in [2.24, 2.45) is 0 Å². The van der Waals surface area contributed by atoms with Gasteiger partial charge in [0.15, 0.2) is 0 Å². The zero-order chi connectivity index (χ0) is 9.84. The molecule has 1 rings (SSSR count). The normalized spacial score (nSPS) is 10.5. The summed E-state index contributed by atoms with van der Waals surface area (Å²) >= 11 is 3.37. The predicted octanol–water partition coefficient (Wildman–Crippen LogP) is 1.48. The topological polar surface area (TPSA) is 41.1 Å². The summed E-state index contributed by atoms with van der Waals surface area (Å²) in [5, 5.41) is 3.18. The quantitative estimate of drug-likeness (QED) is 0.819. The van der Waals surface area contributed by atoms with Crippen molar-refractivity contribution in [2.75, 3.05) is 26.1 Å². The molecule has 0 aliphatic heterocycles. The van der Waals surface area contributed by atoms with Gasteiger partial charge in [-0.05, 0) is 36.9 Å². The molecule has 0 saturated heterocycles. The van der Waals surface area contributed by atoms with Crippen molar-refractivity contribution in [3.05, 3.63) is 16.5 Å². The Hall–Kier alpha value is -0.680. The molecule has 1 heterocycles. The van der Waals surface area contributed by atoms with E-state index in [4.69, 9.17) is 0 Å². The highest BCUT2D eigenvalue weighted by atomic mass is 79.9. The molecule has 0 bridgehead atoms. The molecule has 1 aromatic rings. The molecular weight excluding hydrogens is 232 g/mol. The molecule has 0 radical (unpaired) electrons. The first-order valence-corrected chi connectivity index (χ1v) is 4.76. The number of nitrogens with zero attached hydrogens (tertiary/aromatic N) is 3. The van der Waals surface area contributed by atoms with E-state index >= 15 is 0 Å². The lowest BCUT2D eigenvalue weighted by atomic mass is 10.5. The van der Waals surface area contributed by atoms with Crippen LogP contribution in [0.25, 0.3) is 0 Å². The van der Waals surface area contributed by atoms with Gasteiger partial charge in [-0.1, -0.05) is 0 Å². The van der Waals surface area contributed by atoms with E-state index in [2.05, 4.69) is 31.2 Å². The van der Waals surface area contributed by atoms with Crippen molar-refractivity contribution in [1.82, 2.24) is 14.9 Å². The van der Waals surface area contributed by atoms with Crippen LogP contribution in [0.1, 0.15) is 5.82 Å². The van der Waals surface area contributed by atoms with Crippen LogP contribution in [0.5, 0.6) is 0 Å². The van der Waals surface area contributed by atoms with Gasteiger partial charge in [-0.25, -0.2) is 9.97 Å². The van der Waals surface area contributed by atoms with E-state index in [0.29, 0.717) is 0 Å². The van der Waals surface area contributed by atoms with Gasteiger partial charge in [0.1, 0.15) is 11.6 Å². The summed E-state index contributed by atoms with van der Waals surface area (Å²) in [6.45, 7) is 2.63. The first-order chi connectivity index (χ1) is 6.09. The van der Waals surface area contributed by atoms with Crippen molar-refractivity contribution in [1.29, 1.82) is 0 Å². The molecule has 0 amide bonds. The largest absolute Gasteiger partial charge is 0.356 e. The lowest BCUT2D eigenvalue weighted by Crippen LogP contribution is -2.21. The van der Waals surface area contributed by atoms with Gasteiger partial charge >= 0.3 is 0 Å². The van der Waals surface area contributed by atoms with E-state index in [1.165, 1.54) is 0 Å². The van der Waals surface area contributed by atoms with E-state index in [-0.39, 0.29) is 0 Å². The highest BCUT2D eigenvalue weighted by molar-refractivity contribution is 9.10. The van der Waals surface area contributed by atoms with Crippen molar-refractivity contribution in [3.8, 4) is 0 Å². The zero-order valence-electron chi connectivity index (χ0n) is 8.00. The molecule has 0 atom stereocenters. The van der Waals surface area contributed by atoms with Crippen molar-refractivity contribution in [2.45, 2.75) is 6.92 Å². The minimum absolute atomic E-state index is 0.759. The van der Waals surface area contributed by atoms with Gasteiger partial charge in [0.05, 0.1) is 11.1 Å². The van der Waals surface area contributed by atoms with Crippen molar-refractivity contribution < 1.29 is 0 Å². The minimum Gasteiger partial charge on any atom is -0.356 e. The van der Waals surface area contributed by atoms with Gasteiger partial charge in [0, 0.05) is 6.20 Å². The summed E-state index contributed by atoms with van der Waals surface area (Å²) in [7, 11) is 3.99. The van der Waals surface area contributed by atoms with Crippen LogP contribution in [0.4, 0.5) is 5.82 Å². The Labute approximate surface area is 86.5 Å². The number of nitrogens with one attached hydrogen (secondary N) is 1. The number of aryl methyl sites for hydroxylation is 1.